The van der Waals surface area contributed by atoms with Crippen molar-refractivity contribution in [1.29, 1.82) is 0 Å². The third kappa shape index (κ3) is 8.25. The highest BCUT2D eigenvalue weighted by atomic mass is 35.5. The molecule has 0 amide bonds. The largest absolute Gasteiger partial charge is 0.317 e. The maximum absolute atomic E-state index is 5.51. The summed E-state index contributed by atoms with van der Waals surface area (Å²) in [6.45, 7) is 4.51. The Balaban J connectivity index is 2.65. The monoisotopic (exact) mass is 163 g/mol. The molecular weight excluding hydrogens is 146 g/mol. The molecule has 0 fully saturated rings. The van der Waals surface area contributed by atoms with Crippen LogP contribution in [0.1, 0.15) is 32.6 Å². The molecule has 0 aromatic heterocycles. The summed E-state index contributed by atoms with van der Waals surface area (Å²) in [4.78, 5) is 0. The summed E-state index contributed by atoms with van der Waals surface area (Å²) in [6, 6.07) is 0. The van der Waals surface area contributed by atoms with E-state index in [1.807, 2.05) is 0 Å². The molecule has 0 unspecified atom stereocenters. The fraction of sp³-hybridized carbons (Fsp3) is 1.00. The standard InChI is InChI=1S/C8H18ClN/c1-2-3-7-10-8-5-4-6-9/h10H,2-8H2,1H3. The second-order valence-electron chi connectivity index (χ2n) is 2.50. The lowest BCUT2D eigenvalue weighted by Gasteiger charge is -2.00. The minimum Gasteiger partial charge on any atom is -0.317 e. The first-order valence-corrected chi connectivity index (χ1v) is 4.72. The van der Waals surface area contributed by atoms with Crippen LogP contribution in [0.15, 0.2) is 0 Å². The predicted molar refractivity (Wildman–Crippen MR) is 47.7 cm³/mol. The molecule has 0 radical (unpaired) electrons. The molecule has 1 N–H and O–H groups in total. The molecule has 0 aliphatic heterocycles. The van der Waals surface area contributed by atoms with Crippen LogP contribution >= 0.6 is 11.6 Å². The summed E-state index contributed by atoms with van der Waals surface area (Å²) in [6.07, 6.45) is 4.93. The zero-order chi connectivity index (χ0) is 7.66. The highest BCUT2D eigenvalue weighted by Gasteiger charge is 1.86. The number of hydrogen-bond acceptors (Lipinski definition) is 1. The number of rotatable bonds is 7. The van der Waals surface area contributed by atoms with Crippen molar-refractivity contribution in [3.8, 4) is 0 Å². The highest BCUT2D eigenvalue weighted by Crippen LogP contribution is 1.89. The van der Waals surface area contributed by atoms with Gasteiger partial charge in [0.1, 0.15) is 0 Å². The van der Waals surface area contributed by atoms with Gasteiger partial charge in [0.2, 0.25) is 0 Å². The number of hydrogen-bond donors (Lipinski definition) is 1. The maximum Gasteiger partial charge on any atom is 0.0223 e. The van der Waals surface area contributed by atoms with Crippen LogP contribution in [0.25, 0.3) is 0 Å². The van der Waals surface area contributed by atoms with Gasteiger partial charge < -0.3 is 5.32 Å². The average Bonchev–Trinajstić information content (AvgIpc) is 1.97. The molecule has 1 nitrogen and oxygen atoms in total. The molecule has 0 atom stereocenters. The van der Waals surface area contributed by atoms with E-state index in [4.69, 9.17) is 11.6 Å². The Morgan fingerprint density at radius 2 is 1.80 bits per heavy atom. The first kappa shape index (κ1) is 10.2. The number of unbranched alkanes of at least 4 members (excludes halogenated alkanes) is 2. The van der Waals surface area contributed by atoms with Crippen molar-refractivity contribution in [2.75, 3.05) is 19.0 Å². The van der Waals surface area contributed by atoms with E-state index in [0.29, 0.717) is 0 Å². The van der Waals surface area contributed by atoms with E-state index in [0.717, 1.165) is 18.8 Å². The summed E-state index contributed by atoms with van der Waals surface area (Å²) in [5.41, 5.74) is 0. The van der Waals surface area contributed by atoms with E-state index in [1.54, 1.807) is 0 Å². The van der Waals surface area contributed by atoms with Crippen LogP contribution in [-0.2, 0) is 0 Å². The molecule has 0 saturated heterocycles. The fourth-order valence-corrected chi connectivity index (χ4v) is 0.960. The van der Waals surface area contributed by atoms with Crippen molar-refractivity contribution in [2.45, 2.75) is 32.6 Å². The molecule has 0 aliphatic carbocycles. The van der Waals surface area contributed by atoms with Gasteiger partial charge in [-0.25, -0.2) is 0 Å². The van der Waals surface area contributed by atoms with Gasteiger partial charge >= 0.3 is 0 Å². The van der Waals surface area contributed by atoms with Gasteiger partial charge in [0.15, 0.2) is 0 Å². The molecule has 0 spiro atoms. The van der Waals surface area contributed by atoms with Gasteiger partial charge in [0.25, 0.3) is 0 Å². The lowest BCUT2D eigenvalue weighted by molar-refractivity contribution is 0.612. The average molecular weight is 164 g/mol. The minimum absolute atomic E-state index is 0.801. The first-order valence-electron chi connectivity index (χ1n) is 4.18. The molecule has 0 rings (SSSR count). The van der Waals surface area contributed by atoms with Gasteiger partial charge in [-0.15, -0.1) is 11.6 Å². The van der Waals surface area contributed by atoms with E-state index in [1.165, 1.54) is 25.8 Å². The Morgan fingerprint density at radius 3 is 2.40 bits per heavy atom. The molecular formula is C8H18ClN. The van der Waals surface area contributed by atoms with Crippen molar-refractivity contribution >= 4 is 11.6 Å². The van der Waals surface area contributed by atoms with Gasteiger partial charge in [-0.2, -0.15) is 0 Å². The van der Waals surface area contributed by atoms with Gasteiger partial charge in [-0.3, -0.25) is 0 Å². The molecule has 0 aromatic carbocycles. The summed E-state index contributed by atoms with van der Waals surface area (Å²) in [7, 11) is 0. The van der Waals surface area contributed by atoms with Crippen molar-refractivity contribution in [1.82, 2.24) is 5.32 Å². The van der Waals surface area contributed by atoms with Crippen molar-refractivity contribution in [3.05, 3.63) is 0 Å². The van der Waals surface area contributed by atoms with E-state index in [-0.39, 0.29) is 0 Å². The maximum atomic E-state index is 5.51. The van der Waals surface area contributed by atoms with Crippen LogP contribution in [-0.4, -0.2) is 19.0 Å². The molecule has 0 aromatic rings. The molecule has 0 heterocycles. The zero-order valence-electron chi connectivity index (χ0n) is 6.83. The Morgan fingerprint density at radius 1 is 1.10 bits per heavy atom. The topological polar surface area (TPSA) is 12.0 Å². The smallest absolute Gasteiger partial charge is 0.0223 e. The van der Waals surface area contributed by atoms with Crippen molar-refractivity contribution in [2.24, 2.45) is 0 Å². The number of nitrogens with one attached hydrogen (secondary N) is 1. The van der Waals surface area contributed by atoms with Crippen molar-refractivity contribution < 1.29 is 0 Å². The molecule has 2 heteroatoms. The molecule has 0 aliphatic rings. The lowest BCUT2D eigenvalue weighted by Crippen LogP contribution is -2.16. The van der Waals surface area contributed by atoms with Crippen molar-refractivity contribution in [3.63, 3.8) is 0 Å². The van der Waals surface area contributed by atoms with Gasteiger partial charge in [0.05, 0.1) is 0 Å². The summed E-state index contributed by atoms with van der Waals surface area (Å²) in [5.74, 6) is 0.801. The van der Waals surface area contributed by atoms with Crippen LogP contribution in [0.2, 0.25) is 0 Å². The summed E-state index contributed by atoms with van der Waals surface area (Å²) < 4.78 is 0. The number of halogens is 1. The van der Waals surface area contributed by atoms with Crippen LogP contribution in [0.3, 0.4) is 0 Å². The van der Waals surface area contributed by atoms with Crippen LogP contribution in [0.4, 0.5) is 0 Å². The normalized spacial score (nSPS) is 10.2. The Labute approximate surface area is 69.1 Å². The van der Waals surface area contributed by atoms with Gasteiger partial charge in [0, 0.05) is 5.88 Å². The second-order valence-corrected chi connectivity index (χ2v) is 2.88. The Bertz CT molecular complexity index is 49.2. The van der Waals surface area contributed by atoms with E-state index in [2.05, 4.69) is 12.2 Å². The van der Waals surface area contributed by atoms with E-state index < -0.39 is 0 Å². The Hall–Kier alpha value is 0.250. The predicted octanol–water partition coefficient (Wildman–Crippen LogP) is 2.40. The SMILES string of the molecule is CCCCNCCCCCl. The molecule has 10 heavy (non-hydrogen) atoms. The summed E-state index contributed by atoms with van der Waals surface area (Å²) >= 11 is 5.51. The van der Waals surface area contributed by atoms with Crippen LogP contribution in [0, 0.1) is 0 Å². The molecule has 62 valence electrons. The molecule has 0 bridgehead atoms. The molecule has 0 saturated carbocycles. The van der Waals surface area contributed by atoms with Crippen LogP contribution < -0.4 is 5.32 Å². The lowest BCUT2D eigenvalue weighted by atomic mass is 10.3. The first-order chi connectivity index (χ1) is 4.91. The van der Waals surface area contributed by atoms with Gasteiger partial charge in [-0.05, 0) is 32.4 Å². The van der Waals surface area contributed by atoms with E-state index in [9.17, 15) is 0 Å². The third-order valence-electron chi connectivity index (χ3n) is 1.44. The highest BCUT2D eigenvalue weighted by molar-refractivity contribution is 6.17. The fourth-order valence-electron chi connectivity index (χ4n) is 0.771. The Kier molecular flexibility index (Phi) is 9.48. The third-order valence-corrected chi connectivity index (χ3v) is 1.71. The zero-order valence-corrected chi connectivity index (χ0v) is 7.58. The van der Waals surface area contributed by atoms with E-state index >= 15 is 0 Å². The quantitative estimate of drug-likeness (QED) is 0.449. The van der Waals surface area contributed by atoms with Gasteiger partial charge in [-0.1, -0.05) is 13.3 Å². The number of alkyl halides is 1. The minimum atomic E-state index is 0.801. The summed E-state index contributed by atoms with van der Waals surface area (Å²) in [5, 5.41) is 3.36. The second kappa shape index (κ2) is 9.25. The van der Waals surface area contributed by atoms with Crippen LogP contribution in [0.5, 0.6) is 0 Å².